The fourth-order valence-electron chi connectivity index (χ4n) is 4.01. The van der Waals surface area contributed by atoms with E-state index in [-0.39, 0.29) is 5.97 Å². The number of ether oxygens (including phenoxy) is 1. The lowest BCUT2D eigenvalue weighted by molar-refractivity contribution is 0.0601. The van der Waals surface area contributed by atoms with E-state index in [2.05, 4.69) is 44.6 Å². The van der Waals surface area contributed by atoms with Gasteiger partial charge >= 0.3 is 5.97 Å². The number of methoxy groups -OCH3 is 1. The van der Waals surface area contributed by atoms with E-state index in [4.69, 9.17) is 21.9 Å². The molecule has 156 valence electrons. The van der Waals surface area contributed by atoms with Gasteiger partial charge in [-0.05, 0) is 60.9 Å². The van der Waals surface area contributed by atoms with Crippen molar-refractivity contribution >= 4 is 51.6 Å². The van der Waals surface area contributed by atoms with Crippen LogP contribution in [0.5, 0.6) is 0 Å². The fourth-order valence-corrected chi connectivity index (χ4v) is 4.97. The van der Waals surface area contributed by atoms with Gasteiger partial charge < -0.3 is 18.9 Å². The van der Waals surface area contributed by atoms with E-state index in [1.165, 1.54) is 12.0 Å². The number of hydrogen-bond donors (Lipinski definition) is 1. The zero-order valence-corrected chi connectivity index (χ0v) is 18.7. The summed E-state index contributed by atoms with van der Waals surface area (Å²) in [5.74, 6) is 0.478. The Morgan fingerprint density at radius 2 is 2.06 bits per heavy atom. The highest BCUT2D eigenvalue weighted by atomic mass is 32.1. The number of thiophene rings is 1. The molecule has 0 fully saturated rings. The second kappa shape index (κ2) is 7.79. The number of esters is 1. The summed E-state index contributed by atoms with van der Waals surface area (Å²) < 4.78 is 9.84. The van der Waals surface area contributed by atoms with Crippen molar-refractivity contribution < 1.29 is 9.53 Å². The Labute approximate surface area is 187 Å². The number of aromatic nitrogens is 4. The number of aromatic amines is 1. The summed E-state index contributed by atoms with van der Waals surface area (Å²) in [7, 11) is 1.38. The average molecular weight is 449 g/mol. The monoisotopic (exact) mass is 448 g/mol. The van der Waals surface area contributed by atoms with Crippen molar-refractivity contribution in [3.63, 3.8) is 0 Å². The molecule has 2 aromatic carbocycles. The van der Waals surface area contributed by atoms with E-state index in [0.29, 0.717) is 16.9 Å². The Morgan fingerprint density at radius 1 is 1.19 bits per heavy atom. The minimum Gasteiger partial charge on any atom is -0.465 e. The van der Waals surface area contributed by atoms with Gasteiger partial charge in [-0.3, -0.25) is 0 Å². The van der Waals surface area contributed by atoms with Gasteiger partial charge in [-0.1, -0.05) is 12.1 Å². The molecule has 8 heteroatoms. The highest BCUT2D eigenvalue weighted by Gasteiger charge is 2.19. The summed E-state index contributed by atoms with van der Waals surface area (Å²) in [5, 5.41) is 2.07. The lowest BCUT2D eigenvalue weighted by Crippen LogP contribution is -2.02. The number of aryl methyl sites for hydroxylation is 1. The summed E-state index contributed by atoms with van der Waals surface area (Å²) in [6.07, 6.45) is 0. The highest BCUT2D eigenvalue weighted by Crippen LogP contribution is 2.32. The van der Waals surface area contributed by atoms with E-state index in [9.17, 15) is 4.79 Å². The quantitative estimate of drug-likeness (QED) is 0.279. The molecule has 0 atom stereocenters. The molecule has 0 aliphatic carbocycles. The number of rotatable bonds is 5. The van der Waals surface area contributed by atoms with Gasteiger partial charge in [0.05, 0.1) is 41.3 Å². The number of carbonyl (C=O) groups is 1. The lowest BCUT2D eigenvalue weighted by atomic mass is 10.1. The van der Waals surface area contributed by atoms with Gasteiger partial charge in [0, 0.05) is 17.0 Å². The fraction of sp³-hybridized carbons (Fsp3) is 0.174. The number of carbonyl (C=O) groups excluding carboxylic acids is 1. The minimum atomic E-state index is -0.369. The molecule has 5 aromatic rings. The number of para-hydroxylation sites is 1. The van der Waals surface area contributed by atoms with Crippen molar-refractivity contribution in [3.05, 3.63) is 69.1 Å². The van der Waals surface area contributed by atoms with Crippen molar-refractivity contribution in [3.8, 4) is 11.4 Å². The Kier molecular flexibility index (Phi) is 4.95. The number of benzene rings is 2. The number of imidazole rings is 2. The van der Waals surface area contributed by atoms with Gasteiger partial charge in [0.1, 0.15) is 5.82 Å². The molecule has 0 saturated carbocycles. The first-order valence-electron chi connectivity index (χ1n) is 9.93. The third-order valence-corrected chi connectivity index (χ3v) is 6.60. The van der Waals surface area contributed by atoms with Gasteiger partial charge in [-0.15, -0.1) is 11.3 Å². The van der Waals surface area contributed by atoms with Crippen LogP contribution in [0.1, 0.15) is 22.2 Å². The average Bonchev–Trinajstić information content (AvgIpc) is 3.50. The van der Waals surface area contributed by atoms with Crippen molar-refractivity contribution in [1.29, 1.82) is 0 Å². The summed E-state index contributed by atoms with van der Waals surface area (Å²) in [5.41, 5.74) is 5.22. The van der Waals surface area contributed by atoms with Crippen LogP contribution in [-0.2, 0) is 17.8 Å². The van der Waals surface area contributed by atoms with Crippen LogP contribution < -0.4 is 0 Å². The third-order valence-electron chi connectivity index (χ3n) is 5.41. The summed E-state index contributed by atoms with van der Waals surface area (Å²) in [6, 6.07) is 15.8. The molecule has 5 rings (SSSR count). The molecule has 0 aliphatic rings. The van der Waals surface area contributed by atoms with Crippen molar-refractivity contribution in [1.82, 2.24) is 19.1 Å². The second-order valence-electron chi connectivity index (χ2n) is 7.17. The number of hydrogen-bond acceptors (Lipinski definition) is 5. The smallest absolute Gasteiger partial charge is 0.337 e. The molecule has 3 heterocycles. The largest absolute Gasteiger partial charge is 0.465 e. The van der Waals surface area contributed by atoms with Gasteiger partial charge in [0.2, 0.25) is 0 Å². The molecule has 3 aromatic heterocycles. The van der Waals surface area contributed by atoms with Crippen LogP contribution in [0.25, 0.3) is 33.5 Å². The van der Waals surface area contributed by atoms with Crippen LogP contribution in [-0.4, -0.2) is 32.2 Å². The zero-order valence-electron chi connectivity index (χ0n) is 17.1. The first-order chi connectivity index (χ1) is 15.1. The molecular weight excluding hydrogens is 428 g/mol. The third kappa shape index (κ3) is 3.28. The Bertz CT molecular complexity index is 1480. The summed E-state index contributed by atoms with van der Waals surface area (Å²) in [6.45, 7) is 3.54. The predicted molar refractivity (Wildman–Crippen MR) is 126 cm³/mol. The topological polar surface area (TPSA) is 64.8 Å². The zero-order chi connectivity index (χ0) is 21.5. The number of nitrogens with zero attached hydrogens (tertiary/aromatic N) is 3. The Hall–Kier alpha value is -3.23. The number of fused-ring (bicyclic) bond motifs is 2. The summed E-state index contributed by atoms with van der Waals surface area (Å²) in [4.78, 5) is 21.5. The van der Waals surface area contributed by atoms with E-state index < -0.39 is 0 Å². The summed E-state index contributed by atoms with van der Waals surface area (Å²) >= 11 is 7.37. The number of H-pyrrole nitrogens is 1. The van der Waals surface area contributed by atoms with E-state index in [1.54, 1.807) is 23.5 Å². The second-order valence-corrected chi connectivity index (χ2v) is 8.59. The van der Waals surface area contributed by atoms with Gasteiger partial charge in [-0.2, -0.15) is 0 Å². The SMILES string of the molecule is CCn1c(-c2cccc3[nH]c(=S)n(Cc4cccs4)c23)nc2cc(C(=O)OC)ccc21. The molecular formula is C23H20N4O2S2. The minimum absolute atomic E-state index is 0.369. The van der Waals surface area contributed by atoms with Crippen LogP contribution in [0.3, 0.4) is 0 Å². The van der Waals surface area contributed by atoms with E-state index in [1.807, 2.05) is 18.2 Å². The number of nitrogens with one attached hydrogen (secondary N) is 1. The molecule has 6 nitrogen and oxygen atoms in total. The van der Waals surface area contributed by atoms with E-state index in [0.717, 1.165) is 40.0 Å². The van der Waals surface area contributed by atoms with Crippen LogP contribution in [0, 0.1) is 4.77 Å². The van der Waals surface area contributed by atoms with Gasteiger partial charge in [-0.25, -0.2) is 9.78 Å². The molecule has 0 saturated heterocycles. The van der Waals surface area contributed by atoms with Crippen molar-refractivity contribution in [2.24, 2.45) is 0 Å². The van der Waals surface area contributed by atoms with Crippen LogP contribution in [0.15, 0.2) is 53.9 Å². The molecule has 1 N–H and O–H groups in total. The molecule has 0 aliphatic heterocycles. The Balaban J connectivity index is 1.75. The van der Waals surface area contributed by atoms with Crippen molar-refractivity contribution in [2.75, 3.05) is 7.11 Å². The normalized spacial score (nSPS) is 11.4. The maximum absolute atomic E-state index is 12.0. The first kappa shape index (κ1) is 19.7. The van der Waals surface area contributed by atoms with Gasteiger partial charge in [0.25, 0.3) is 0 Å². The standard InChI is InChI=1S/C23H20N4O2S2/c1-3-26-19-10-9-14(22(28)29-2)12-18(19)24-21(26)16-7-4-8-17-20(16)27(23(30)25-17)13-15-6-5-11-31-15/h4-12H,3,13H2,1-2H3,(H,25,30). The molecule has 31 heavy (non-hydrogen) atoms. The van der Waals surface area contributed by atoms with Crippen LogP contribution >= 0.6 is 23.6 Å². The molecule has 0 unspecified atom stereocenters. The predicted octanol–water partition coefficient (Wildman–Crippen LogP) is 5.63. The first-order valence-corrected chi connectivity index (χ1v) is 11.2. The maximum Gasteiger partial charge on any atom is 0.337 e. The van der Waals surface area contributed by atoms with Crippen LogP contribution in [0.2, 0.25) is 0 Å². The van der Waals surface area contributed by atoms with Gasteiger partial charge in [0.15, 0.2) is 4.77 Å². The highest BCUT2D eigenvalue weighted by molar-refractivity contribution is 7.71. The van der Waals surface area contributed by atoms with E-state index >= 15 is 0 Å². The molecule has 0 spiro atoms. The Morgan fingerprint density at radius 3 is 2.81 bits per heavy atom. The molecule has 0 amide bonds. The molecule has 0 radical (unpaired) electrons. The maximum atomic E-state index is 12.0. The van der Waals surface area contributed by atoms with Crippen LogP contribution in [0.4, 0.5) is 0 Å². The molecule has 0 bridgehead atoms. The van der Waals surface area contributed by atoms with Crippen molar-refractivity contribution in [2.45, 2.75) is 20.0 Å². The lowest BCUT2D eigenvalue weighted by Gasteiger charge is -2.10.